The van der Waals surface area contributed by atoms with Crippen LogP contribution >= 0.6 is 0 Å². The van der Waals surface area contributed by atoms with Gasteiger partial charge < -0.3 is 14.9 Å². The summed E-state index contributed by atoms with van der Waals surface area (Å²) in [7, 11) is 0. The van der Waals surface area contributed by atoms with Gasteiger partial charge in [0.25, 0.3) is 0 Å². The molecule has 0 aromatic rings. The first-order valence-corrected chi connectivity index (χ1v) is 3.43. The monoisotopic (exact) mass is 341 g/mol. The summed E-state index contributed by atoms with van der Waals surface area (Å²) in [5, 5.41) is 0. The van der Waals surface area contributed by atoms with Crippen LogP contribution < -0.4 is 0 Å². The Morgan fingerprint density at radius 1 is 0.769 bits per heavy atom. The van der Waals surface area contributed by atoms with Gasteiger partial charge in [0.1, 0.15) is 0 Å². The Morgan fingerprint density at radius 2 is 1.15 bits per heavy atom. The Hall–Kier alpha value is -0.300. The fourth-order valence-electron chi connectivity index (χ4n) is 0.680. The van der Waals surface area contributed by atoms with Crippen molar-refractivity contribution >= 4 is 0 Å². The Kier molecular flexibility index (Phi) is 20.2. The molecule has 0 fully saturated rings. The van der Waals surface area contributed by atoms with Gasteiger partial charge in [0.15, 0.2) is 0 Å². The molecule has 0 atom stereocenters. The van der Waals surface area contributed by atoms with Crippen molar-refractivity contribution in [3.05, 3.63) is 63.5 Å². The molecule has 0 bridgehead atoms. The molecule has 0 saturated carbocycles. The van der Waals surface area contributed by atoms with E-state index in [2.05, 4.69) is 24.3 Å². The van der Waals surface area contributed by atoms with Crippen LogP contribution in [0.2, 0.25) is 0 Å². The Bertz CT molecular complexity index is 143. The zero-order valence-corrected chi connectivity index (χ0v) is 11.5. The van der Waals surface area contributed by atoms with Gasteiger partial charge in [-0.05, 0) is 0 Å². The molecule has 2 rings (SSSR count). The van der Waals surface area contributed by atoms with E-state index in [4.69, 9.17) is 0 Å². The summed E-state index contributed by atoms with van der Waals surface area (Å²) in [6, 6.07) is 0. The minimum Gasteiger partial charge on any atom is -0.358 e. The number of hydrogen-bond donors (Lipinski definition) is 0. The molecule has 0 spiro atoms. The zero-order chi connectivity index (χ0) is 7.07. The molecule has 0 amide bonds. The Labute approximate surface area is 98.6 Å². The summed E-state index contributed by atoms with van der Waals surface area (Å²) in [5.74, 6) is 0. The van der Waals surface area contributed by atoms with Crippen LogP contribution in [0.3, 0.4) is 0 Å². The minimum absolute atomic E-state index is 0. The first-order chi connectivity index (χ1) is 5.00. The molecule has 0 heterocycles. The van der Waals surface area contributed by atoms with E-state index in [-0.39, 0.29) is 37.2 Å². The number of hydrogen-bond acceptors (Lipinski definition) is 0. The van der Waals surface area contributed by atoms with Crippen molar-refractivity contribution in [2.45, 2.75) is 12.8 Å². The summed E-state index contributed by atoms with van der Waals surface area (Å²) >= 11 is 0. The van der Waals surface area contributed by atoms with Gasteiger partial charge in [0.2, 0.25) is 0 Å². The van der Waals surface area contributed by atoms with Crippen LogP contribution in [0, 0.1) is 27.0 Å². The van der Waals surface area contributed by atoms with Crippen molar-refractivity contribution < 1.29 is 22.4 Å². The number of allylic oxidation sites excluding steroid dienone is 8. The van der Waals surface area contributed by atoms with Gasteiger partial charge in [0.05, 0.1) is 0 Å². The van der Waals surface area contributed by atoms with Crippen molar-refractivity contribution in [2.75, 3.05) is 0 Å². The van der Waals surface area contributed by atoms with Gasteiger partial charge in [-0.3, -0.25) is 12.2 Å². The maximum absolute atomic E-state index is 2.99. The molecule has 0 nitrogen and oxygen atoms in total. The van der Waals surface area contributed by atoms with Gasteiger partial charge in [0, 0.05) is 22.4 Å². The van der Waals surface area contributed by atoms with Crippen LogP contribution in [-0.4, -0.2) is 0 Å². The fraction of sp³-hybridized carbons (Fsp3) is 0.167. The van der Waals surface area contributed by atoms with Gasteiger partial charge >= 0.3 is 0 Å². The van der Waals surface area contributed by atoms with E-state index in [0.717, 1.165) is 12.8 Å². The van der Waals surface area contributed by atoms with Crippen LogP contribution in [0.1, 0.15) is 12.8 Å². The predicted molar refractivity (Wildman–Crippen MR) is 56.0 cm³/mol. The molecule has 0 unspecified atom stereocenters. The van der Waals surface area contributed by atoms with Gasteiger partial charge in [-0.25, -0.2) is 24.3 Å². The first kappa shape index (κ1) is 18.5. The third-order valence-corrected chi connectivity index (χ3v) is 1.17. The maximum atomic E-state index is 2.99. The topological polar surface area (TPSA) is 0 Å². The van der Waals surface area contributed by atoms with E-state index in [9.17, 15) is 0 Å². The summed E-state index contributed by atoms with van der Waals surface area (Å²) in [5.41, 5.74) is 0. The predicted octanol–water partition coefficient (Wildman–Crippen LogP) is 3.51. The second kappa shape index (κ2) is 14.2. The quantitative estimate of drug-likeness (QED) is 0.592. The molecule has 2 aliphatic carbocycles. The van der Waals surface area contributed by atoms with Crippen molar-refractivity contribution in [1.29, 1.82) is 0 Å². The van der Waals surface area contributed by atoms with Gasteiger partial charge in [-0.2, -0.15) is 12.2 Å². The molecular weight excluding hydrogens is 325 g/mol. The zero-order valence-electron chi connectivity index (χ0n) is 8.33. The average Bonchev–Trinajstić information content (AvgIpc) is 2.67. The summed E-state index contributed by atoms with van der Waals surface area (Å²) in [6.45, 7) is 0. The second-order valence-corrected chi connectivity index (χ2v) is 2.01. The average molecular weight is 341 g/mol. The van der Waals surface area contributed by atoms with Crippen LogP contribution in [0.4, 0.5) is 0 Å². The largest absolute Gasteiger partial charge is 0.358 e. The van der Waals surface area contributed by atoms with Crippen LogP contribution in [0.25, 0.3) is 0 Å². The van der Waals surface area contributed by atoms with Gasteiger partial charge in [-0.15, -0.1) is 12.8 Å². The van der Waals surface area contributed by atoms with Crippen LogP contribution in [0.5, 0.6) is 0 Å². The van der Waals surface area contributed by atoms with Crippen molar-refractivity contribution in [1.82, 2.24) is 0 Å². The van der Waals surface area contributed by atoms with Crippen molar-refractivity contribution in [3.8, 4) is 0 Å². The number of rotatable bonds is 0. The standard InChI is InChI=1S/2C5H5.2CH3.Ta/c2*1-2-4-5-3-1;;;/h2*1-3H,4H2;2*1H3;/q4*-1;. The van der Waals surface area contributed by atoms with E-state index < -0.39 is 0 Å². The summed E-state index contributed by atoms with van der Waals surface area (Å²) < 4.78 is 0. The molecule has 1 radical (unpaired) electrons. The molecule has 2 aliphatic rings. The molecule has 1 heteroatoms. The first-order valence-electron chi connectivity index (χ1n) is 3.43. The van der Waals surface area contributed by atoms with E-state index in [1.165, 1.54) is 0 Å². The molecule has 0 aliphatic heterocycles. The van der Waals surface area contributed by atoms with E-state index >= 15 is 0 Å². The van der Waals surface area contributed by atoms with Crippen molar-refractivity contribution in [3.63, 3.8) is 0 Å². The summed E-state index contributed by atoms with van der Waals surface area (Å²) in [4.78, 5) is 0. The minimum atomic E-state index is 0. The van der Waals surface area contributed by atoms with E-state index in [1.54, 1.807) is 0 Å². The van der Waals surface area contributed by atoms with Crippen LogP contribution in [-0.2, 0) is 22.4 Å². The fourth-order valence-corrected chi connectivity index (χ4v) is 0.680. The van der Waals surface area contributed by atoms with E-state index in [1.807, 2.05) is 24.3 Å². The molecular formula is C12H16Ta-4. The van der Waals surface area contributed by atoms with E-state index in [0.29, 0.717) is 0 Å². The molecule has 0 N–H and O–H groups in total. The third kappa shape index (κ3) is 11.7. The Balaban J connectivity index is -0.000000125. The molecule has 0 aromatic carbocycles. The molecule has 13 heavy (non-hydrogen) atoms. The normalized spacial score (nSPS) is 13.5. The molecule has 0 saturated heterocycles. The van der Waals surface area contributed by atoms with Crippen molar-refractivity contribution in [2.24, 2.45) is 0 Å². The SMILES string of the molecule is [C-]1=CC=CC1.[C-]1=CC=CC1.[CH3-].[CH3-].[Ta]. The Morgan fingerprint density at radius 3 is 1.23 bits per heavy atom. The smallest absolute Gasteiger partial charge is 0 e. The second-order valence-electron chi connectivity index (χ2n) is 2.01. The maximum Gasteiger partial charge on any atom is 0 e. The summed E-state index contributed by atoms with van der Waals surface area (Å²) in [6.07, 6.45) is 20.0. The van der Waals surface area contributed by atoms with Crippen LogP contribution in [0.15, 0.2) is 36.5 Å². The third-order valence-electron chi connectivity index (χ3n) is 1.17. The van der Waals surface area contributed by atoms with Gasteiger partial charge in [-0.1, -0.05) is 0 Å². The molecule has 0 aromatic heterocycles. The molecule has 73 valence electrons.